The van der Waals surface area contributed by atoms with Crippen LogP contribution in [0.25, 0.3) is 0 Å². The number of carbonyl (C=O) groups excluding carboxylic acids is 1. The van der Waals surface area contributed by atoms with Crippen LogP contribution in [0.2, 0.25) is 0 Å². The molecule has 1 atom stereocenters. The SMILES string of the molecule is COC(=O)C(COc1ccc(C)cc1)C1CC1. The van der Waals surface area contributed by atoms with E-state index < -0.39 is 0 Å². The van der Waals surface area contributed by atoms with Crippen LogP contribution in [-0.2, 0) is 9.53 Å². The van der Waals surface area contributed by atoms with Crippen LogP contribution in [0.15, 0.2) is 24.3 Å². The van der Waals surface area contributed by atoms with Gasteiger partial charge in [-0.2, -0.15) is 0 Å². The quantitative estimate of drug-likeness (QED) is 0.734. The van der Waals surface area contributed by atoms with E-state index >= 15 is 0 Å². The van der Waals surface area contributed by atoms with Gasteiger partial charge in [-0.3, -0.25) is 4.79 Å². The number of esters is 1. The Bertz CT molecular complexity index is 379. The number of ether oxygens (including phenoxy) is 2. The molecule has 3 nitrogen and oxygen atoms in total. The molecule has 1 unspecified atom stereocenters. The zero-order valence-electron chi connectivity index (χ0n) is 10.3. The zero-order chi connectivity index (χ0) is 12.3. The lowest BCUT2D eigenvalue weighted by Crippen LogP contribution is -2.25. The van der Waals surface area contributed by atoms with E-state index in [1.165, 1.54) is 12.7 Å². The molecule has 0 aromatic heterocycles. The van der Waals surface area contributed by atoms with Crippen LogP contribution < -0.4 is 4.74 Å². The molecule has 92 valence electrons. The Hall–Kier alpha value is -1.51. The van der Waals surface area contributed by atoms with Gasteiger partial charge in [0.25, 0.3) is 0 Å². The minimum absolute atomic E-state index is 0.110. The number of rotatable bonds is 5. The average molecular weight is 234 g/mol. The second-order valence-electron chi connectivity index (χ2n) is 4.59. The van der Waals surface area contributed by atoms with Crippen LogP contribution in [-0.4, -0.2) is 19.7 Å². The van der Waals surface area contributed by atoms with Crippen molar-refractivity contribution < 1.29 is 14.3 Å². The molecule has 1 fully saturated rings. The molecule has 0 bridgehead atoms. The Morgan fingerprint density at radius 3 is 2.53 bits per heavy atom. The molecule has 0 radical (unpaired) electrons. The van der Waals surface area contributed by atoms with E-state index in [1.807, 2.05) is 31.2 Å². The first-order valence-corrected chi connectivity index (χ1v) is 5.98. The molecule has 0 saturated heterocycles. The number of aryl methyl sites for hydroxylation is 1. The van der Waals surface area contributed by atoms with Crippen molar-refractivity contribution in [3.05, 3.63) is 29.8 Å². The number of hydrogen-bond donors (Lipinski definition) is 0. The van der Waals surface area contributed by atoms with Crippen LogP contribution in [0.3, 0.4) is 0 Å². The molecule has 2 rings (SSSR count). The Morgan fingerprint density at radius 2 is 2.00 bits per heavy atom. The second kappa shape index (κ2) is 5.21. The normalized spacial score (nSPS) is 16.4. The standard InChI is InChI=1S/C14H18O3/c1-10-3-7-12(8-4-10)17-9-13(11-5-6-11)14(15)16-2/h3-4,7-8,11,13H,5-6,9H2,1-2H3. The van der Waals surface area contributed by atoms with Gasteiger partial charge in [0.1, 0.15) is 12.4 Å². The lowest BCUT2D eigenvalue weighted by atomic mass is 10.1. The summed E-state index contributed by atoms with van der Waals surface area (Å²) in [5.41, 5.74) is 1.20. The van der Waals surface area contributed by atoms with Crippen molar-refractivity contribution in [3.63, 3.8) is 0 Å². The van der Waals surface area contributed by atoms with Crippen LogP contribution in [0.4, 0.5) is 0 Å². The highest BCUT2D eigenvalue weighted by Gasteiger charge is 2.37. The lowest BCUT2D eigenvalue weighted by molar-refractivity contribution is -0.147. The number of carbonyl (C=O) groups is 1. The highest BCUT2D eigenvalue weighted by Crippen LogP contribution is 2.37. The molecule has 1 aliphatic rings. The van der Waals surface area contributed by atoms with Gasteiger partial charge in [-0.25, -0.2) is 0 Å². The minimum atomic E-state index is -0.153. The maximum Gasteiger partial charge on any atom is 0.312 e. The highest BCUT2D eigenvalue weighted by molar-refractivity contribution is 5.73. The lowest BCUT2D eigenvalue weighted by Gasteiger charge is -2.14. The molecule has 1 aromatic carbocycles. The molecular weight excluding hydrogens is 216 g/mol. The van der Waals surface area contributed by atoms with Crippen molar-refractivity contribution in [1.82, 2.24) is 0 Å². The molecule has 0 spiro atoms. The van der Waals surface area contributed by atoms with Gasteiger partial charge in [0.15, 0.2) is 0 Å². The average Bonchev–Trinajstić information content (AvgIpc) is 3.16. The first kappa shape index (κ1) is 12.0. The summed E-state index contributed by atoms with van der Waals surface area (Å²) in [6.45, 7) is 2.45. The predicted octanol–water partition coefficient (Wildman–Crippen LogP) is 2.57. The van der Waals surface area contributed by atoms with Crippen LogP contribution in [0, 0.1) is 18.8 Å². The molecule has 0 heterocycles. The summed E-state index contributed by atoms with van der Waals surface area (Å²) < 4.78 is 10.4. The van der Waals surface area contributed by atoms with Gasteiger partial charge in [-0.05, 0) is 37.8 Å². The van der Waals surface area contributed by atoms with Crippen molar-refractivity contribution >= 4 is 5.97 Å². The molecule has 3 heteroatoms. The second-order valence-corrected chi connectivity index (χ2v) is 4.59. The summed E-state index contributed by atoms with van der Waals surface area (Å²) in [4.78, 5) is 11.6. The van der Waals surface area contributed by atoms with Crippen molar-refractivity contribution in [2.24, 2.45) is 11.8 Å². The Kier molecular flexibility index (Phi) is 3.67. The highest BCUT2D eigenvalue weighted by atomic mass is 16.5. The molecule has 0 aliphatic heterocycles. The van der Waals surface area contributed by atoms with Crippen LogP contribution >= 0.6 is 0 Å². The van der Waals surface area contributed by atoms with E-state index in [9.17, 15) is 4.79 Å². The van der Waals surface area contributed by atoms with Gasteiger partial charge >= 0.3 is 5.97 Å². The summed E-state index contributed by atoms with van der Waals surface area (Å²) in [5.74, 6) is 0.999. The van der Waals surface area contributed by atoms with E-state index in [1.54, 1.807) is 0 Å². The number of hydrogen-bond acceptors (Lipinski definition) is 3. The van der Waals surface area contributed by atoms with Gasteiger partial charge in [0, 0.05) is 0 Å². The molecular formula is C14H18O3. The van der Waals surface area contributed by atoms with Gasteiger partial charge in [-0.15, -0.1) is 0 Å². The molecule has 1 aliphatic carbocycles. The maximum atomic E-state index is 11.6. The molecule has 1 aromatic rings. The van der Waals surface area contributed by atoms with E-state index in [0.717, 1.165) is 18.6 Å². The first-order chi connectivity index (χ1) is 8.20. The topological polar surface area (TPSA) is 35.5 Å². The van der Waals surface area contributed by atoms with Gasteiger partial charge in [0.05, 0.1) is 13.0 Å². The molecule has 0 N–H and O–H groups in total. The Labute approximate surface area is 102 Å². The summed E-state index contributed by atoms with van der Waals surface area (Å²) in [6.07, 6.45) is 2.22. The van der Waals surface area contributed by atoms with Crippen molar-refractivity contribution in [3.8, 4) is 5.75 Å². The summed E-state index contributed by atoms with van der Waals surface area (Å²) >= 11 is 0. The van der Waals surface area contributed by atoms with Crippen LogP contribution in [0.5, 0.6) is 5.75 Å². The fraction of sp³-hybridized carbons (Fsp3) is 0.500. The third kappa shape index (κ3) is 3.22. The third-order valence-electron chi connectivity index (χ3n) is 3.15. The summed E-state index contributed by atoms with van der Waals surface area (Å²) in [7, 11) is 1.43. The van der Waals surface area contributed by atoms with E-state index in [-0.39, 0.29) is 11.9 Å². The zero-order valence-corrected chi connectivity index (χ0v) is 10.3. The number of benzene rings is 1. The van der Waals surface area contributed by atoms with Crippen LogP contribution in [0.1, 0.15) is 18.4 Å². The monoisotopic (exact) mass is 234 g/mol. The fourth-order valence-corrected chi connectivity index (χ4v) is 1.87. The maximum absolute atomic E-state index is 11.6. The predicted molar refractivity (Wildman–Crippen MR) is 64.9 cm³/mol. The van der Waals surface area contributed by atoms with Crippen molar-refractivity contribution in [2.75, 3.05) is 13.7 Å². The summed E-state index contributed by atoms with van der Waals surface area (Å²) in [5, 5.41) is 0. The van der Waals surface area contributed by atoms with Crippen molar-refractivity contribution in [2.45, 2.75) is 19.8 Å². The van der Waals surface area contributed by atoms with E-state index in [0.29, 0.717) is 12.5 Å². The largest absolute Gasteiger partial charge is 0.493 e. The Morgan fingerprint density at radius 1 is 1.35 bits per heavy atom. The van der Waals surface area contributed by atoms with E-state index in [2.05, 4.69) is 0 Å². The molecule has 0 amide bonds. The van der Waals surface area contributed by atoms with E-state index in [4.69, 9.17) is 9.47 Å². The van der Waals surface area contributed by atoms with Gasteiger partial charge < -0.3 is 9.47 Å². The fourth-order valence-electron chi connectivity index (χ4n) is 1.87. The molecule has 1 saturated carbocycles. The number of methoxy groups -OCH3 is 1. The molecule has 17 heavy (non-hydrogen) atoms. The van der Waals surface area contributed by atoms with Crippen molar-refractivity contribution in [1.29, 1.82) is 0 Å². The van der Waals surface area contributed by atoms with Gasteiger partial charge in [0.2, 0.25) is 0 Å². The summed E-state index contributed by atoms with van der Waals surface area (Å²) in [6, 6.07) is 7.85. The first-order valence-electron chi connectivity index (χ1n) is 5.98. The smallest absolute Gasteiger partial charge is 0.312 e. The van der Waals surface area contributed by atoms with Gasteiger partial charge in [-0.1, -0.05) is 17.7 Å². The minimum Gasteiger partial charge on any atom is -0.493 e. The Balaban J connectivity index is 1.90. The third-order valence-corrected chi connectivity index (χ3v) is 3.15.